The molecule has 1 aliphatic heterocycles. The van der Waals surface area contributed by atoms with Crippen LogP contribution in [0.5, 0.6) is 0 Å². The minimum atomic E-state index is -4.87. The molecular formula is C11H10ClF4N3. The Morgan fingerprint density at radius 1 is 1.37 bits per heavy atom. The molecule has 1 heterocycles. The molecule has 0 spiro atoms. The second kappa shape index (κ2) is 4.97. The van der Waals surface area contributed by atoms with Crippen LogP contribution in [0, 0.1) is 5.82 Å². The first-order chi connectivity index (χ1) is 8.82. The van der Waals surface area contributed by atoms with Gasteiger partial charge in [0, 0.05) is 6.54 Å². The van der Waals surface area contributed by atoms with Gasteiger partial charge in [-0.1, -0.05) is 17.7 Å². The predicted octanol–water partition coefficient (Wildman–Crippen LogP) is 2.50. The first-order valence-corrected chi connectivity index (χ1v) is 5.79. The number of hydrogen-bond acceptors (Lipinski definition) is 3. The number of benzene rings is 1. The van der Waals surface area contributed by atoms with Crippen LogP contribution < -0.4 is 11.1 Å². The van der Waals surface area contributed by atoms with Crippen LogP contribution in [0.15, 0.2) is 17.1 Å². The lowest BCUT2D eigenvalue weighted by Gasteiger charge is -2.18. The quantitative estimate of drug-likeness (QED) is 0.824. The van der Waals surface area contributed by atoms with Gasteiger partial charge in [0.05, 0.1) is 17.6 Å². The molecule has 2 rings (SSSR count). The van der Waals surface area contributed by atoms with Gasteiger partial charge < -0.3 is 11.1 Å². The molecule has 0 saturated carbocycles. The molecule has 1 aliphatic rings. The van der Waals surface area contributed by atoms with Crippen molar-refractivity contribution in [1.82, 2.24) is 5.32 Å². The van der Waals surface area contributed by atoms with Crippen LogP contribution in [0.2, 0.25) is 5.02 Å². The highest BCUT2D eigenvalue weighted by atomic mass is 35.5. The van der Waals surface area contributed by atoms with Crippen LogP contribution in [0.4, 0.5) is 17.6 Å². The van der Waals surface area contributed by atoms with Crippen LogP contribution in [0.25, 0.3) is 0 Å². The van der Waals surface area contributed by atoms with Gasteiger partial charge >= 0.3 is 6.18 Å². The van der Waals surface area contributed by atoms with Crippen molar-refractivity contribution in [1.29, 1.82) is 0 Å². The van der Waals surface area contributed by atoms with Crippen molar-refractivity contribution in [2.45, 2.75) is 12.2 Å². The van der Waals surface area contributed by atoms with Gasteiger partial charge in [-0.25, -0.2) is 4.39 Å². The average Bonchev–Trinajstić information content (AvgIpc) is 2.79. The molecule has 0 aromatic heterocycles. The van der Waals surface area contributed by atoms with E-state index in [2.05, 4.69) is 10.3 Å². The molecule has 0 aliphatic carbocycles. The number of nitrogens with two attached hydrogens (primary N) is 1. The highest BCUT2D eigenvalue weighted by molar-refractivity contribution is 6.32. The van der Waals surface area contributed by atoms with E-state index in [1.807, 2.05) is 0 Å². The van der Waals surface area contributed by atoms with E-state index in [4.69, 9.17) is 17.3 Å². The molecule has 1 aromatic carbocycles. The Hall–Kier alpha value is -1.34. The molecule has 0 saturated heterocycles. The van der Waals surface area contributed by atoms with Gasteiger partial charge in [-0.15, -0.1) is 0 Å². The van der Waals surface area contributed by atoms with E-state index in [9.17, 15) is 17.6 Å². The summed E-state index contributed by atoms with van der Waals surface area (Å²) in [5.41, 5.74) is 4.29. The average molecular weight is 296 g/mol. The number of alkyl halides is 3. The fourth-order valence-electron chi connectivity index (χ4n) is 1.84. The molecule has 3 nitrogen and oxygen atoms in total. The first-order valence-electron chi connectivity index (χ1n) is 5.41. The standard InChI is InChI=1S/C11H10ClF4N3/c12-8-5(9(17)10-18-3-4-19-10)1-2-6(13)7(8)11(14,15)16/h1-2,9H,3-4,17H2,(H,18,19). The van der Waals surface area contributed by atoms with Crippen LogP contribution in [0.1, 0.15) is 17.2 Å². The van der Waals surface area contributed by atoms with Crippen molar-refractivity contribution in [3.05, 3.63) is 34.1 Å². The number of nitrogens with one attached hydrogen (secondary N) is 1. The van der Waals surface area contributed by atoms with Crippen LogP contribution >= 0.6 is 11.6 Å². The lowest BCUT2D eigenvalue weighted by Crippen LogP contribution is -2.31. The molecule has 1 unspecified atom stereocenters. The molecule has 0 bridgehead atoms. The molecule has 0 amide bonds. The molecule has 104 valence electrons. The lowest BCUT2D eigenvalue weighted by molar-refractivity contribution is -0.139. The maximum Gasteiger partial charge on any atom is 0.420 e. The minimum absolute atomic E-state index is 0.0106. The Bertz CT molecular complexity index is 527. The maximum absolute atomic E-state index is 13.3. The van der Waals surface area contributed by atoms with E-state index in [1.165, 1.54) is 0 Å². The van der Waals surface area contributed by atoms with E-state index < -0.39 is 28.6 Å². The monoisotopic (exact) mass is 295 g/mol. The first kappa shape index (κ1) is 14.1. The van der Waals surface area contributed by atoms with Crippen molar-refractivity contribution in [2.24, 2.45) is 10.7 Å². The van der Waals surface area contributed by atoms with E-state index in [-0.39, 0.29) is 5.56 Å². The second-order valence-electron chi connectivity index (χ2n) is 3.99. The normalized spacial score (nSPS) is 17.1. The largest absolute Gasteiger partial charge is 0.420 e. The zero-order valence-electron chi connectivity index (χ0n) is 9.56. The molecule has 0 fully saturated rings. The smallest absolute Gasteiger partial charge is 0.370 e. The Morgan fingerprint density at radius 2 is 2.05 bits per heavy atom. The molecule has 1 atom stereocenters. The number of aliphatic imine (C=N–C) groups is 1. The second-order valence-corrected chi connectivity index (χ2v) is 4.37. The molecule has 3 N–H and O–H groups in total. The molecule has 0 radical (unpaired) electrons. The molecule has 19 heavy (non-hydrogen) atoms. The van der Waals surface area contributed by atoms with E-state index in [0.717, 1.165) is 6.07 Å². The van der Waals surface area contributed by atoms with Crippen molar-refractivity contribution in [3.63, 3.8) is 0 Å². The van der Waals surface area contributed by atoms with Crippen molar-refractivity contribution < 1.29 is 17.6 Å². The third kappa shape index (κ3) is 2.66. The number of rotatable bonds is 2. The van der Waals surface area contributed by atoms with Crippen LogP contribution in [-0.4, -0.2) is 18.9 Å². The van der Waals surface area contributed by atoms with Gasteiger partial charge in [0.1, 0.15) is 17.2 Å². The van der Waals surface area contributed by atoms with Gasteiger partial charge in [-0.05, 0) is 11.6 Å². The summed E-state index contributed by atoms with van der Waals surface area (Å²) in [7, 11) is 0. The molecule has 8 heteroatoms. The number of halogens is 5. The fourth-order valence-corrected chi connectivity index (χ4v) is 2.22. The van der Waals surface area contributed by atoms with Crippen molar-refractivity contribution in [2.75, 3.05) is 13.1 Å². The van der Waals surface area contributed by atoms with Gasteiger partial charge in [0.25, 0.3) is 0 Å². The van der Waals surface area contributed by atoms with Crippen molar-refractivity contribution in [3.8, 4) is 0 Å². The zero-order valence-corrected chi connectivity index (χ0v) is 10.3. The Kier molecular flexibility index (Phi) is 3.69. The number of nitrogens with zero attached hydrogens (tertiary/aromatic N) is 1. The fraction of sp³-hybridized carbons (Fsp3) is 0.364. The third-order valence-corrected chi connectivity index (χ3v) is 3.14. The summed E-state index contributed by atoms with van der Waals surface area (Å²) < 4.78 is 51.4. The van der Waals surface area contributed by atoms with Gasteiger partial charge in [-0.2, -0.15) is 13.2 Å². The van der Waals surface area contributed by atoms with Gasteiger partial charge in [0.15, 0.2) is 0 Å². The summed E-state index contributed by atoms with van der Waals surface area (Å²) in [5.74, 6) is -1.07. The van der Waals surface area contributed by atoms with E-state index in [1.54, 1.807) is 0 Å². The predicted molar refractivity (Wildman–Crippen MR) is 63.6 cm³/mol. The molecular weight excluding hydrogens is 286 g/mol. The van der Waals surface area contributed by atoms with Crippen LogP contribution in [-0.2, 0) is 6.18 Å². The lowest BCUT2D eigenvalue weighted by atomic mass is 10.0. The summed E-state index contributed by atoms with van der Waals surface area (Å²) in [4.78, 5) is 4.01. The topological polar surface area (TPSA) is 50.4 Å². The number of hydrogen-bond donors (Lipinski definition) is 2. The zero-order chi connectivity index (χ0) is 14.2. The summed E-state index contributed by atoms with van der Waals surface area (Å²) in [6.07, 6.45) is -4.87. The Balaban J connectivity index is 2.48. The summed E-state index contributed by atoms with van der Waals surface area (Å²) in [6, 6.07) is 0.913. The van der Waals surface area contributed by atoms with E-state index in [0.29, 0.717) is 25.0 Å². The van der Waals surface area contributed by atoms with E-state index >= 15 is 0 Å². The number of amidine groups is 1. The Morgan fingerprint density at radius 3 is 2.58 bits per heavy atom. The summed E-state index contributed by atoms with van der Waals surface area (Å²) in [5, 5.41) is 2.12. The Labute approximate surface area is 111 Å². The highest BCUT2D eigenvalue weighted by Gasteiger charge is 2.38. The minimum Gasteiger partial charge on any atom is -0.370 e. The highest BCUT2D eigenvalue weighted by Crippen LogP contribution is 2.39. The summed E-state index contributed by atoms with van der Waals surface area (Å²) >= 11 is 5.65. The van der Waals surface area contributed by atoms with Gasteiger partial charge in [-0.3, -0.25) is 4.99 Å². The van der Waals surface area contributed by atoms with Gasteiger partial charge in [0.2, 0.25) is 0 Å². The third-order valence-electron chi connectivity index (χ3n) is 2.73. The maximum atomic E-state index is 13.3. The SMILES string of the molecule is NC(C1=NCCN1)c1ccc(F)c(C(F)(F)F)c1Cl. The van der Waals surface area contributed by atoms with Crippen molar-refractivity contribution >= 4 is 17.4 Å². The summed E-state index contributed by atoms with van der Waals surface area (Å²) in [6.45, 7) is 1.06. The molecule has 1 aromatic rings. The van der Waals surface area contributed by atoms with Crippen LogP contribution in [0.3, 0.4) is 0 Å².